The number of guanidine groups is 1. The van der Waals surface area contributed by atoms with E-state index in [0.29, 0.717) is 12.6 Å². The van der Waals surface area contributed by atoms with E-state index in [2.05, 4.69) is 34.4 Å². The van der Waals surface area contributed by atoms with Crippen LogP contribution >= 0.6 is 11.3 Å². The minimum atomic E-state index is 0.301. The number of pyridine rings is 1. The summed E-state index contributed by atoms with van der Waals surface area (Å²) in [7, 11) is 0. The Morgan fingerprint density at radius 2 is 2.11 bits per heavy atom. The number of hydrogen-bond acceptors (Lipinski definition) is 5. The summed E-state index contributed by atoms with van der Waals surface area (Å²) in [5.41, 5.74) is 1.03. The molecule has 1 fully saturated rings. The van der Waals surface area contributed by atoms with Crippen LogP contribution in [-0.4, -0.2) is 35.1 Å². The van der Waals surface area contributed by atoms with Gasteiger partial charge in [0.2, 0.25) is 5.88 Å². The molecule has 0 saturated heterocycles. The number of aromatic nitrogens is 2. The van der Waals surface area contributed by atoms with Crippen LogP contribution in [0.1, 0.15) is 55.0 Å². The van der Waals surface area contributed by atoms with Crippen LogP contribution < -0.4 is 15.4 Å². The predicted molar refractivity (Wildman–Crippen MR) is 115 cm³/mol. The van der Waals surface area contributed by atoms with E-state index in [9.17, 15) is 0 Å². The number of thiazole rings is 1. The van der Waals surface area contributed by atoms with Gasteiger partial charge in [-0.2, -0.15) is 0 Å². The largest absolute Gasteiger partial charge is 0.474 e. The molecule has 2 heterocycles. The summed E-state index contributed by atoms with van der Waals surface area (Å²) in [6.45, 7) is 6.41. The molecule has 1 saturated carbocycles. The van der Waals surface area contributed by atoms with Crippen molar-refractivity contribution in [3.8, 4) is 5.88 Å². The zero-order valence-corrected chi connectivity index (χ0v) is 17.7. The van der Waals surface area contributed by atoms with Crippen LogP contribution in [0, 0.1) is 0 Å². The van der Waals surface area contributed by atoms with Crippen molar-refractivity contribution in [2.75, 3.05) is 13.1 Å². The molecule has 2 N–H and O–H groups in total. The van der Waals surface area contributed by atoms with E-state index >= 15 is 0 Å². The van der Waals surface area contributed by atoms with Crippen molar-refractivity contribution in [3.05, 3.63) is 40.0 Å². The molecular weight excluding hydrogens is 370 g/mol. The van der Waals surface area contributed by atoms with Crippen LogP contribution in [-0.2, 0) is 19.4 Å². The normalized spacial score (nSPS) is 15.0. The van der Waals surface area contributed by atoms with Gasteiger partial charge in [-0.1, -0.05) is 13.0 Å². The Bertz CT molecular complexity index is 755. The average Bonchev–Trinajstić information content (AvgIpc) is 3.39. The first kappa shape index (κ1) is 20.6. The second kappa shape index (κ2) is 11.0. The SMILES string of the molecule is CCNC(=NCc1cccnc1OC1CCCC1)NCCc1ncc(CC)s1. The van der Waals surface area contributed by atoms with Gasteiger partial charge in [0.15, 0.2) is 5.96 Å². The van der Waals surface area contributed by atoms with Crippen molar-refractivity contribution < 1.29 is 4.74 Å². The van der Waals surface area contributed by atoms with Gasteiger partial charge < -0.3 is 15.4 Å². The molecule has 3 rings (SSSR count). The molecule has 0 atom stereocenters. The van der Waals surface area contributed by atoms with Gasteiger partial charge in [0, 0.05) is 42.3 Å². The molecule has 0 unspecified atom stereocenters. The third-order valence-electron chi connectivity index (χ3n) is 4.76. The first-order valence-corrected chi connectivity index (χ1v) is 11.2. The van der Waals surface area contributed by atoms with Crippen molar-refractivity contribution in [1.82, 2.24) is 20.6 Å². The third kappa shape index (κ3) is 6.19. The van der Waals surface area contributed by atoms with E-state index in [1.54, 1.807) is 17.5 Å². The van der Waals surface area contributed by atoms with Crippen LogP contribution in [0.25, 0.3) is 0 Å². The Balaban J connectivity index is 1.56. The van der Waals surface area contributed by atoms with Crippen molar-refractivity contribution in [2.24, 2.45) is 4.99 Å². The lowest BCUT2D eigenvalue weighted by molar-refractivity contribution is 0.199. The standard InChI is InChI=1S/C21H31N5OS/c1-3-18-15-25-19(28-18)11-13-24-21(22-4-2)26-14-16-8-7-12-23-20(16)27-17-9-5-6-10-17/h7-8,12,15,17H,3-6,9-11,13-14H2,1-2H3,(H2,22,24,26). The molecule has 152 valence electrons. The third-order valence-corrected chi connectivity index (χ3v) is 5.96. The van der Waals surface area contributed by atoms with Gasteiger partial charge in [0.25, 0.3) is 0 Å². The number of hydrogen-bond donors (Lipinski definition) is 2. The Kier molecular flexibility index (Phi) is 8.08. The maximum atomic E-state index is 6.12. The van der Waals surface area contributed by atoms with Crippen LogP contribution in [0.5, 0.6) is 5.88 Å². The highest BCUT2D eigenvalue weighted by Crippen LogP contribution is 2.25. The fourth-order valence-electron chi connectivity index (χ4n) is 3.24. The minimum absolute atomic E-state index is 0.301. The zero-order chi connectivity index (χ0) is 19.6. The van der Waals surface area contributed by atoms with E-state index in [-0.39, 0.29) is 0 Å². The number of ether oxygens (including phenoxy) is 1. The number of nitrogens with one attached hydrogen (secondary N) is 2. The Labute approximate surface area is 171 Å². The molecule has 0 amide bonds. The first-order chi connectivity index (χ1) is 13.8. The summed E-state index contributed by atoms with van der Waals surface area (Å²) in [6.07, 6.45) is 10.8. The quantitative estimate of drug-likeness (QED) is 0.495. The van der Waals surface area contributed by atoms with Crippen LogP contribution in [0.2, 0.25) is 0 Å². The predicted octanol–water partition coefficient (Wildman–Crippen LogP) is 3.72. The maximum Gasteiger partial charge on any atom is 0.218 e. The topological polar surface area (TPSA) is 71.4 Å². The molecule has 6 nitrogen and oxygen atoms in total. The molecule has 0 spiro atoms. The van der Waals surface area contributed by atoms with Gasteiger partial charge in [-0.3, -0.25) is 0 Å². The Morgan fingerprint density at radius 1 is 1.25 bits per heavy atom. The Hall–Kier alpha value is -2.15. The monoisotopic (exact) mass is 401 g/mol. The molecular formula is C21H31N5OS. The van der Waals surface area contributed by atoms with Crippen LogP contribution in [0.15, 0.2) is 29.5 Å². The molecule has 0 radical (unpaired) electrons. The molecule has 0 bridgehead atoms. The summed E-state index contributed by atoms with van der Waals surface area (Å²) in [5, 5.41) is 7.88. The summed E-state index contributed by atoms with van der Waals surface area (Å²) < 4.78 is 6.12. The highest BCUT2D eigenvalue weighted by atomic mass is 32.1. The number of aliphatic imine (C=N–C) groups is 1. The van der Waals surface area contributed by atoms with E-state index in [0.717, 1.165) is 56.2 Å². The lowest BCUT2D eigenvalue weighted by Crippen LogP contribution is -2.38. The molecule has 2 aromatic heterocycles. The number of nitrogens with zero attached hydrogens (tertiary/aromatic N) is 3. The van der Waals surface area contributed by atoms with Crippen molar-refractivity contribution in [3.63, 3.8) is 0 Å². The highest BCUT2D eigenvalue weighted by molar-refractivity contribution is 7.11. The molecule has 1 aliphatic carbocycles. The van der Waals surface area contributed by atoms with Gasteiger partial charge >= 0.3 is 0 Å². The molecule has 28 heavy (non-hydrogen) atoms. The van der Waals surface area contributed by atoms with Crippen molar-refractivity contribution in [1.29, 1.82) is 0 Å². The molecule has 0 aromatic carbocycles. The number of rotatable bonds is 9. The first-order valence-electron chi connectivity index (χ1n) is 10.3. The number of aryl methyl sites for hydroxylation is 1. The second-order valence-corrected chi connectivity index (χ2v) is 8.14. The molecule has 0 aliphatic heterocycles. The summed E-state index contributed by atoms with van der Waals surface area (Å²) >= 11 is 1.79. The van der Waals surface area contributed by atoms with Gasteiger partial charge in [-0.25, -0.2) is 15.0 Å². The second-order valence-electron chi connectivity index (χ2n) is 6.94. The summed E-state index contributed by atoms with van der Waals surface area (Å²) in [5.74, 6) is 1.54. The Morgan fingerprint density at radius 3 is 2.86 bits per heavy atom. The van der Waals surface area contributed by atoms with E-state index in [1.165, 1.54) is 22.7 Å². The fourth-order valence-corrected chi connectivity index (χ4v) is 4.10. The van der Waals surface area contributed by atoms with Crippen molar-refractivity contribution >= 4 is 17.3 Å². The molecule has 1 aliphatic rings. The van der Waals surface area contributed by atoms with Gasteiger partial charge in [-0.15, -0.1) is 11.3 Å². The molecule has 2 aromatic rings. The lowest BCUT2D eigenvalue weighted by atomic mass is 10.2. The average molecular weight is 402 g/mol. The van der Waals surface area contributed by atoms with E-state index in [1.807, 2.05) is 18.3 Å². The fraction of sp³-hybridized carbons (Fsp3) is 0.571. The van der Waals surface area contributed by atoms with Gasteiger partial charge in [-0.05, 0) is 45.1 Å². The van der Waals surface area contributed by atoms with Crippen LogP contribution in [0.4, 0.5) is 0 Å². The summed E-state index contributed by atoms with van der Waals surface area (Å²) in [4.78, 5) is 15.0. The molecule has 7 heteroatoms. The van der Waals surface area contributed by atoms with E-state index < -0.39 is 0 Å². The van der Waals surface area contributed by atoms with E-state index in [4.69, 9.17) is 9.73 Å². The zero-order valence-electron chi connectivity index (χ0n) is 16.9. The van der Waals surface area contributed by atoms with Gasteiger partial charge in [0.1, 0.15) is 6.10 Å². The maximum absolute atomic E-state index is 6.12. The highest BCUT2D eigenvalue weighted by Gasteiger charge is 2.18. The summed E-state index contributed by atoms with van der Waals surface area (Å²) in [6, 6.07) is 3.99. The minimum Gasteiger partial charge on any atom is -0.474 e. The van der Waals surface area contributed by atoms with Crippen LogP contribution in [0.3, 0.4) is 0 Å². The van der Waals surface area contributed by atoms with Gasteiger partial charge in [0.05, 0.1) is 11.6 Å². The van der Waals surface area contributed by atoms with Crippen molar-refractivity contribution in [2.45, 2.75) is 65.0 Å². The lowest BCUT2D eigenvalue weighted by Gasteiger charge is -2.15. The smallest absolute Gasteiger partial charge is 0.218 e.